The molecular formula is C11H19N5O2. The second kappa shape index (κ2) is 5.34. The Bertz CT molecular complexity index is 437. The summed E-state index contributed by atoms with van der Waals surface area (Å²) in [5.41, 5.74) is 0.537. The van der Waals surface area contributed by atoms with Crippen molar-refractivity contribution in [3.05, 3.63) is 15.8 Å². The zero-order valence-electron chi connectivity index (χ0n) is 10.8. The van der Waals surface area contributed by atoms with Crippen molar-refractivity contribution in [1.29, 1.82) is 0 Å². The van der Waals surface area contributed by atoms with Crippen LogP contribution in [0.4, 0.5) is 11.5 Å². The van der Waals surface area contributed by atoms with Crippen molar-refractivity contribution in [3.63, 3.8) is 0 Å². The maximum atomic E-state index is 11.0. The SMILES string of the molecule is Cc1nn(C)c(NCCC2CCNC2)c1[N+](=O)[O-]. The molecule has 2 heterocycles. The number of aromatic nitrogens is 2. The number of anilines is 1. The molecule has 0 aliphatic carbocycles. The molecule has 0 spiro atoms. The second-order valence-corrected chi connectivity index (χ2v) is 4.74. The summed E-state index contributed by atoms with van der Waals surface area (Å²) in [6.07, 6.45) is 2.21. The molecule has 18 heavy (non-hydrogen) atoms. The van der Waals surface area contributed by atoms with Crippen LogP contribution in [-0.2, 0) is 7.05 Å². The van der Waals surface area contributed by atoms with Gasteiger partial charge in [0.25, 0.3) is 0 Å². The Morgan fingerprint density at radius 2 is 2.44 bits per heavy atom. The van der Waals surface area contributed by atoms with E-state index in [0.717, 1.165) is 26.1 Å². The van der Waals surface area contributed by atoms with Crippen LogP contribution in [-0.4, -0.2) is 34.3 Å². The van der Waals surface area contributed by atoms with Gasteiger partial charge < -0.3 is 10.6 Å². The molecule has 1 aromatic heterocycles. The van der Waals surface area contributed by atoms with Crippen LogP contribution >= 0.6 is 0 Å². The first-order valence-corrected chi connectivity index (χ1v) is 6.22. The first-order valence-electron chi connectivity index (χ1n) is 6.22. The summed E-state index contributed by atoms with van der Waals surface area (Å²) in [7, 11) is 1.72. The van der Waals surface area contributed by atoms with Crippen LogP contribution in [0.5, 0.6) is 0 Å². The molecule has 0 amide bonds. The normalized spacial score (nSPS) is 19.1. The Morgan fingerprint density at radius 3 is 3.06 bits per heavy atom. The van der Waals surface area contributed by atoms with Crippen LogP contribution < -0.4 is 10.6 Å². The summed E-state index contributed by atoms with van der Waals surface area (Å²) in [6, 6.07) is 0. The number of nitrogens with one attached hydrogen (secondary N) is 2. The number of rotatable bonds is 5. The highest BCUT2D eigenvalue weighted by Gasteiger charge is 2.24. The quantitative estimate of drug-likeness (QED) is 0.605. The zero-order valence-corrected chi connectivity index (χ0v) is 10.8. The third-order valence-corrected chi connectivity index (χ3v) is 3.38. The molecule has 1 aliphatic heterocycles. The van der Waals surface area contributed by atoms with Gasteiger partial charge in [0.1, 0.15) is 5.69 Å². The average Bonchev–Trinajstić information content (AvgIpc) is 2.87. The fourth-order valence-electron chi connectivity index (χ4n) is 2.42. The predicted molar refractivity (Wildman–Crippen MR) is 68.7 cm³/mol. The molecule has 0 saturated carbocycles. The van der Waals surface area contributed by atoms with Crippen LogP contribution in [0.2, 0.25) is 0 Å². The Labute approximate surface area is 106 Å². The van der Waals surface area contributed by atoms with Gasteiger partial charge in [0.2, 0.25) is 5.82 Å². The maximum Gasteiger partial charge on any atom is 0.333 e. The highest BCUT2D eigenvalue weighted by atomic mass is 16.6. The van der Waals surface area contributed by atoms with Gasteiger partial charge in [-0.05, 0) is 38.8 Å². The van der Waals surface area contributed by atoms with E-state index in [1.165, 1.54) is 6.42 Å². The van der Waals surface area contributed by atoms with E-state index in [1.54, 1.807) is 18.7 Å². The molecule has 1 aromatic rings. The Morgan fingerprint density at radius 1 is 1.67 bits per heavy atom. The zero-order chi connectivity index (χ0) is 13.1. The van der Waals surface area contributed by atoms with Crippen LogP contribution in [0.25, 0.3) is 0 Å². The van der Waals surface area contributed by atoms with Gasteiger partial charge in [-0.1, -0.05) is 0 Å². The Kier molecular flexibility index (Phi) is 3.81. The van der Waals surface area contributed by atoms with Crippen LogP contribution in [0.15, 0.2) is 0 Å². The number of hydrogen-bond donors (Lipinski definition) is 2. The monoisotopic (exact) mass is 253 g/mol. The molecule has 1 aliphatic rings. The predicted octanol–water partition coefficient (Wildman–Crippen LogP) is 1.05. The number of nitrogens with zero attached hydrogens (tertiary/aromatic N) is 3. The molecule has 1 saturated heterocycles. The summed E-state index contributed by atoms with van der Waals surface area (Å²) in [5, 5.41) is 21.5. The third-order valence-electron chi connectivity index (χ3n) is 3.38. The molecule has 2 rings (SSSR count). The standard InChI is InChI=1S/C11H19N5O2/c1-8-10(16(17)18)11(15(2)14-8)13-6-4-9-3-5-12-7-9/h9,12-13H,3-7H2,1-2H3. The molecule has 7 heteroatoms. The van der Waals surface area contributed by atoms with Crippen molar-refractivity contribution >= 4 is 11.5 Å². The number of nitro groups is 1. The van der Waals surface area contributed by atoms with Crippen molar-refractivity contribution in [2.24, 2.45) is 13.0 Å². The lowest BCUT2D eigenvalue weighted by Crippen LogP contribution is -2.14. The lowest BCUT2D eigenvalue weighted by molar-refractivity contribution is -0.384. The lowest BCUT2D eigenvalue weighted by atomic mass is 10.1. The summed E-state index contributed by atoms with van der Waals surface area (Å²) in [4.78, 5) is 10.6. The first kappa shape index (κ1) is 12.8. The minimum absolute atomic E-state index is 0.0852. The summed E-state index contributed by atoms with van der Waals surface area (Å²) in [6.45, 7) is 4.53. The number of hydrogen-bond acceptors (Lipinski definition) is 5. The van der Waals surface area contributed by atoms with E-state index in [2.05, 4.69) is 15.7 Å². The summed E-state index contributed by atoms with van der Waals surface area (Å²) < 4.78 is 1.54. The van der Waals surface area contributed by atoms with E-state index in [9.17, 15) is 10.1 Å². The molecule has 100 valence electrons. The maximum absolute atomic E-state index is 11.0. The molecular weight excluding hydrogens is 234 g/mol. The van der Waals surface area contributed by atoms with E-state index in [0.29, 0.717) is 17.4 Å². The topological polar surface area (TPSA) is 85.0 Å². The van der Waals surface area contributed by atoms with Crippen LogP contribution in [0.1, 0.15) is 18.5 Å². The van der Waals surface area contributed by atoms with Gasteiger partial charge >= 0.3 is 5.69 Å². The van der Waals surface area contributed by atoms with Gasteiger partial charge in [-0.15, -0.1) is 0 Å². The van der Waals surface area contributed by atoms with Crippen molar-refractivity contribution in [1.82, 2.24) is 15.1 Å². The van der Waals surface area contributed by atoms with Crippen molar-refractivity contribution in [2.45, 2.75) is 19.8 Å². The lowest BCUT2D eigenvalue weighted by Gasteiger charge is -2.09. The molecule has 2 N–H and O–H groups in total. The van der Waals surface area contributed by atoms with E-state index in [4.69, 9.17) is 0 Å². The van der Waals surface area contributed by atoms with Gasteiger partial charge in [-0.2, -0.15) is 5.10 Å². The molecule has 7 nitrogen and oxygen atoms in total. The third kappa shape index (κ3) is 2.61. The van der Waals surface area contributed by atoms with E-state index in [1.807, 2.05) is 0 Å². The van der Waals surface area contributed by atoms with Gasteiger partial charge in [-0.3, -0.25) is 10.1 Å². The molecule has 0 radical (unpaired) electrons. The molecule has 1 fully saturated rings. The van der Waals surface area contributed by atoms with E-state index < -0.39 is 0 Å². The highest BCUT2D eigenvalue weighted by molar-refractivity contribution is 5.59. The second-order valence-electron chi connectivity index (χ2n) is 4.74. The van der Waals surface area contributed by atoms with Crippen molar-refractivity contribution in [3.8, 4) is 0 Å². The minimum Gasteiger partial charge on any atom is -0.365 e. The summed E-state index contributed by atoms with van der Waals surface area (Å²) in [5.74, 6) is 1.18. The highest BCUT2D eigenvalue weighted by Crippen LogP contribution is 2.27. The van der Waals surface area contributed by atoms with Gasteiger partial charge in [-0.25, -0.2) is 4.68 Å². The minimum atomic E-state index is -0.373. The largest absolute Gasteiger partial charge is 0.365 e. The Balaban J connectivity index is 1.97. The smallest absolute Gasteiger partial charge is 0.333 e. The van der Waals surface area contributed by atoms with Crippen molar-refractivity contribution in [2.75, 3.05) is 25.0 Å². The van der Waals surface area contributed by atoms with Crippen molar-refractivity contribution < 1.29 is 4.92 Å². The van der Waals surface area contributed by atoms with Crippen LogP contribution in [0.3, 0.4) is 0 Å². The van der Waals surface area contributed by atoms with Gasteiger partial charge in [0, 0.05) is 13.6 Å². The fraction of sp³-hybridized carbons (Fsp3) is 0.727. The molecule has 1 unspecified atom stereocenters. The Hall–Kier alpha value is -1.63. The summed E-state index contributed by atoms with van der Waals surface area (Å²) >= 11 is 0. The molecule has 0 aromatic carbocycles. The number of aryl methyl sites for hydroxylation is 2. The fourth-order valence-corrected chi connectivity index (χ4v) is 2.42. The van der Waals surface area contributed by atoms with Gasteiger partial charge in [0.05, 0.1) is 4.92 Å². The molecule has 0 bridgehead atoms. The average molecular weight is 253 g/mol. The van der Waals surface area contributed by atoms with E-state index >= 15 is 0 Å². The van der Waals surface area contributed by atoms with E-state index in [-0.39, 0.29) is 10.6 Å². The van der Waals surface area contributed by atoms with Gasteiger partial charge in [0.15, 0.2) is 0 Å². The first-order chi connectivity index (χ1) is 8.59. The molecule has 1 atom stereocenters. The van der Waals surface area contributed by atoms with Crippen LogP contribution in [0, 0.1) is 23.0 Å².